The molecule has 0 bridgehead atoms. The molecule has 0 aliphatic carbocycles. The third-order valence-corrected chi connectivity index (χ3v) is 2.52. The SMILES string of the molecule is CC1=C2CNC[C@@H]2NCC1.Cl. The Morgan fingerprint density at radius 2 is 2.27 bits per heavy atom. The first-order valence-corrected chi connectivity index (χ1v) is 4.00. The maximum Gasteiger partial charge on any atom is 0.0421 e. The minimum absolute atomic E-state index is 0. The Kier molecular flexibility index (Phi) is 2.93. The van der Waals surface area contributed by atoms with E-state index in [2.05, 4.69) is 17.6 Å². The average molecular weight is 175 g/mol. The number of nitrogens with one attached hydrogen (secondary N) is 2. The van der Waals surface area contributed by atoms with E-state index in [4.69, 9.17) is 0 Å². The first-order valence-electron chi connectivity index (χ1n) is 4.00. The van der Waals surface area contributed by atoms with E-state index in [0.29, 0.717) is 6.04 Å². The molecule has 3 heteroatoms. The van der Waals surface area contributed by atoms with Crippen LogP contribution in [0.15, 0.2) is 11.1 Å². The molecule has 0 unspecified atom stereocenters. The lowest BCUT2D eigenvalue weighted by molar-refractivity contribution is 0.566. The van der Waals surface area contributed by atoms with Gasteiger partial charge in [-0.1, -0.05) is 5.57 Å². The van der Waals surface area contributed by atoms with Gasteiger partial charge in [0.05, 0.1) is 0 Å². The molecular weight excluding hydrogens is 160 g/mol. The summed E-state index contributed by atoms with van der Waals surface area (Å²) >= 11 is 0. The molecule has 0 aromatic carbocycles. The van der Waals surface area contributed by atoms with Crippen LogP contribution in [0.25, 0.3) is 0 Å². The van der Waals surface area contributed by atoms with Gasteiger partial charge in [0.2, 0.25) is 0 Å². The van der Waals surface area contributed by atoms with E-state index in [1.54, 1.807) is 11.1 Å². The molecule has 2 rings (SSSR count). The highest BCUT2D eigenvalue weighted by molar-refractivity contribution is 5.85. The fourth-order valence-corrected chi connectivity index (χ4v) is 1.84. The van der Waals surface area contributed by atoms with Gasteiger partial charge in [0.25, 0.3) is 0 Å². The van der Waals surface area contributed by atoms with E-state index < -0.39 is 0 Å². The molecule has 1 fully saturated rings. The van der Waals surface area contributed by atoms with Gasteiger partial charge in [-0.15, -0.1) is 12.4 Å². The van der Waals surface area contributed by atoms with Crippen LogP contribution in [-0.4, -0.2) is 25.7 Å². The van der Waals surface area contributed by atoms with Crippen LogP contribution in [0.3, 0.4) is 0 Å². The first-order chi connectivity index (χ1) is 4.88. The molecule has 0 aromatic heterocycles. The monoisotopic (exact) mass is 174 g/mol. The number of fused-ring (bicyclic) bond motifs is 1. The smallest absolute Gasteiger partial charge is 0.0421 e. The third-order valence-electron chi connectivity index (χ3n) is 2.52. The van der Waals surface area contributed by atoms with Crippen molar-refractivity contribution >= 4 is 12.4 Å². The Hall–Kier alpha value is -0.0500. The summed E-state index contributed by atoms with van der Waals surface area (Å²) in [6.07, 6.45) is 1.24. The van der Waals surface area contributed by atoms with Crippen molar-refractivity contribution in [3.8, 4) is 0 Å². The molecular formula is C8H15ClN2. The fraction of sp³-hybridized carbons (Fsp3) is 0.750. The van der Waals surface area contributed by atoms with Crippen LogP contribution in [0, 0.1) is 0 Å². The number of rotatable bonds is 0. The minimum Gasteiger partial charge on any atom is -0.311 e. The maximum atomic E-state index is 3.49. The van der Waals surface area contributed by atoms with Crippen LogP contribution < -0.4 is 10.6 Å². The Labute approximate surface area is 73.8 Å². The van der Waals surface area contributed by atoms with Gasteiger partial charge >= 0.3 is 0 Å². The normalized spacial score (nSPS) is 29.7. The van der Waals surface area contributed by atoms with Crippen LogP contribution in [0.4, 0.5) is 0 Å². The summed E-state index contributed by atoms with van der Waals surface area (Å²) in [5, 5.41) is 6.87. The van der Waals surface area contributed by atoms with Gasteiger partial charge in [-0.2, -0.15) is 0 Å². The maximum absolute atomic E-state index is 3.49. The van der Waals surface area contributed by atoms with Crippen LogP contribution in [0.5, 0.6) is 0 Å². The standard InChI is InChI=1S/C8H14N2.ClH/c1-6-2-3-10-8-5-9-4-7(6)8;/h8-10H,2-5H2,1H3;1H/t8-;/m0./s1. The van der Waals surface area contributed by atoms with Gasteiger partial charge in [0.1, 0.15) is 0 Å². The summed E-state index contributed by atoms with van der Waals surface area (Å²) < 4.78 is 0. The number of hydrogen-bond donors (Lipinski definition) is 2. The third kappa shape index (κ3) is 1.58. The second-order valence-electron chi connectivity index (χ2n) is 3.19. The predicted molar refractivity (Wildman–Crippen MR) is 49.2 cm³/mol. The van der Waals surface area contributed by atoms with Crippen LogP contribution in [0.2, 0.25) is 0 Å². The lowest BCUT2D eigenvalue weighted by Crippen LogP contribution is -2.36. The van der Waals surface area contributed by atoms with Crippen LogP contribution in [0.1, 0.15) is 13.3 Å². The molecule has 1 saturated heterocycles. The zero-order chi connectivity index (χ0) is 6.97. The molecule has 0 spiro atoms. The summed E-state index contributed by atoms with van der Waals surface area (Å²) in [7, 11) is 0. The summed E-state index contributed by atoms with van der Waals surface area (Å²) in [6, 6.07) is 0.661. The zero-order valence-corrected chi connectivity index (χ0v) is 7.63. The van der Waals surface area contributed by atoms with E-state index in [-0.39, 0.29) is 12.4 Å². The van der Waals surface area contributed by atoms with E-state index in [1.807, 2.05) is 0 Å². The van der Waals surface area contributed by atoms with Crippen molar-refractivity contribution in [2.75, 3.05) is 19.6 Å². The molecule has 2 heterocycles. The Bertz CT molecular complexity index is 177. The van der Waals surface area contributed by atoms with Gasteiger partial charge < -0.3 is 10.6 Å². The predicted octanol–water partition coefficient (Wildman–Crippen LogP) is 0.690. The number of halogens is 1. The van der Waals surface area contributed by atoms with Gasteiger partial charge in [-0.05, 0) is 25.5 Å². The van der Waals surface area contributed by atoms with Gasteiger partial charge in [-0.3, -0.25) is 0 Å². The minimum atomic E-state index is 0. The van der Waals surface area contributed by atoms with E-state index in [1.165, 1.54) is 13.0 Å². The molecule has 0 saturated carbocycles. The lowest BCUT2D eigenvalue weighted by Gasteiger charge is -2.21. The summed E-state index contributed by atoms with van der Waals surface area (Å²) in [4.78, 5) is 0. The summed E-state index contributed by atoms with van der Waals surface area (Å²) in [5.41, 5.74) is 3.22. The van der Waals surface area contributed by atoms with Gasteiger partial charge in [0, 0.05) is 19.1 Å². The highest BCUT2D eigenvalue weighted by Gasteiger charge is 2.24. The Morgan fingerprint density at radius 1 is 1.45 bits per heavy atom. The van der Waals surface area contributed by atoms with E-state index in [9.17, 15) is 0 Å². The molecule has 0 amide bonds. The molecule has 2 N–H and O–H groups in total. The highest BCUT2D eigenvalue weighted by Crippen LogP contribution is 2.19. The zero-order valence-electron chi connectivity index (χ0n) is 6.81. The molecule has 11 heavy (non-hydrogen) atoms. The molecule has 1 atom stereocenters. The molecule has 0 radical (unpaired) electrons. The Morgan fingerprint density at radius 3 is 3.00 bits per heavy atom. The fourth-order valence-electron chi connectivity index (χ4n) is 1.84. The highest BCUT2D eigenvalue weighted by atomic mass is 35.5. The van der Waals surface area contributed by atoms with Crippen molar-refractivity contribution in [2.45, 2.75) is 19.4 Å². The first kappa shape index (κ1) is 9.04. The molecule has 2 aliphatic heterocycles. The van der Waals surface area contributed by atoms with Crippen LogP contribution >= 0.6 is 12.4 Å². The Balaban J connectivity index is 0.000000605. The summed E-state index contributed by atoms with van der Waals surface area (Å²) in [5.74, 6) is 0. The van der Waals surface area contributed by atoms with E-state index >= 15 is 0 Å². The quantitative estimate of drug-likeness (QED) is 0.529. The van der Waals surface area contributed by atoms with Crippen molar-refractivity contribution in [1.29, 1.82) is 0 Å². The number of hydrogen-bond acceptors (Lipinski definition) is 2. The second-order valence-corrected chi connectivity index (χ2v) is 3.19. The largest absolute Gasteiger partial charge is 0.311 e. The van der Waals surface area contributed by atoms with Crippen LogP contribution in [-0.2, 0) is 0 Å². The summed E-state index contributed by atoms with van der Waals surface area (Å²) in [6.45, 7) is 5.67. The molecule has 2 nitrogen and oxygen atoms in total. The average Bonchev–Trinajstić information content (AvgIpc) is 2.36. The molecule has 64 valence electrons. The molecule has 2 aliphatic rings. The lowest BCUT2D eigenvalue weighted by atomic mass is 9.98. The second kappa shape index (κ2) is 3.57. The van der Waals surface area contributed by atoms with Crippen molar-refractivity contribution in [3.63, 3.8) is 0 Å². The van der Waals surface area contributed by atoms with E-state index in [0.717, 1.165) is 13.1 Å². The van der Waals surface area contributed by atoms with Crippen molar-refractivity contribution in [3.05, 3.63) is 11.1 Å². The topological polar surface area (TPSA) is 24.1 Å². The van der Waals surface area contributed by atoms with Crippen molar-refractivity contribution in [2.24, 2.45) is 0 Å². The van der Waals surface area contributed by atoms with Gasteiger partial charge in [0.15, 0.2) is 0 Å². The molecule has 0 aromatic rings. The van der Waals surface area contributed by atoms with Gasteiger partial charge in [-0.25, -0.2) is 0 Å². The van der Waals surface area contributed by atoms with Crippen molar-refractivity contribution in [1.82, 2.24) is 10.6 Å². The van der Waals surface area contributed by atoms with Crippen molar-refractivity contribution < 1.29 is 0 Å².